The quantitative estimate of drug-likeness (QED) is 0.595. The molecular weight excluding hydrogens is 319 g/mol. The minimum atomic E-state index is 0. The highest BCUT2D eigenvalue weighted by atomic mass is 35.5. The Morgan fingerprint density at radius 3 is 2.32 bits per heavy atom. The number of rotatable bonds is 2. The highest BCUT2D eigenvalue weighted by Crippen LogP contribution is 2.22. The molecular formula is C17H24Cl2N2O. The Balaban J connectivity index is 0.00000176. The van der Waals surface area contributed by atoms with E-state index in [1.54, 1.807) is 0 Å². The zero-order valence-electron chi connectivity index (χ0n) is 12.8. The lowest BCUT2D eigenvalue weighted by molar-refractivity contribution is 0.0680. The first-order valence-corrected chi connectivity index (χ1v) is 8.37. The summed E-state index contributed by atoms with van der Waals surface area (Å²) >= 11 is 6.02. The standard InChI is InChI=1S/C17H23ClN2O.ClH/c18-15-8-6-14(7-9-15)17(20-10-12-21-13-11-20)19-16-4-2-1-3-5-16;/h6-9,16H,1-5,10-13H2;1H. The van der Waals surface area contributed by atoms with Crippen molar-refractivity contribution < 1.29 is 4.74 Å². The lowest BCUT2D eigenvalue weighted by Crippen LogP contribution is -2.41. The van der Waals surface area contributed by atoms with Gasteiger partial charge >= 0.3 is 0 Å². The number of halogens is 2. The van der Waals surface area contributed by atoms with Crippen LogP contribution in [0.15, 0.2) is 29.3 Å². The van der Waals surface area contributed by atoms with Crippen molar-refractivity contribution in [3.05, 3.63) is 34.9 Å². The van der Waals surface area contributed by atoms with Crippen molar-refractivity contribution in [3.63, 3.8) is 0 Å². The fourth-order valence-electron chi connectivity index (χ4n) is 3.10. The van der Waals surface area contributed by atoms with Gasteiger partial charge in [0.1, 0.15) is 5.84 Å². The summed E-state index contributed by atoms with van der Waals surface area (Å²) in [5.74, 6) is 1.13. The van der Waals surface area contributed by atoms with Crippen LogP contribution < -0.4 is 0 Å². The first kappa shape index (κ1) is 17.6. The molecule has 2 aliphatic rings. The molecule has 0 bridgehead atoms. The van der Waals surface area contributed by atoms with Crippen LogP contribution in [0.5, 0.6) is 0 Å². The van der Waals surface area contributed by atoms with Gasteiger partial charge in [0.2, 0.25) is 0 Å². The van der Waals surface area contributed by atoms with Crippen LogP contribution in [0.25, 0.3) is 0 Å². The molecule has 1 saturated heterocycles. The van der Waals surface area contributed by atoms with Crippen LogP contribution in [-0.2, 0) is 4.74 Å². The summed E-state index contributed by atoms with van der Waals surface area (Å²) in [6, 6.07) is 8.55. The topological polar surface area (TPSA) is 24.8 Å². The molecule has 2 fully saturated rings. The van der Waals surface area contributed by atoms with Crippen molar-refractivity contribution in [1.82, 2.24) is 4.90 Å². The Hall–Kier alpha value is -0.770. The van der Waals surface area contributed by atoms with Gasteiger partial charge in [-0.25, -0.2) is 0 Å². The second-order valence-electron chi connectivity index (χ2n) is 5.85. The molecule has 0 unspecified atom stereocenters. The summed E-state index contributed by atoms with van der Waals surface area (Å²) in [5, 5.41) is 0.776. The number of hydrogen-bond donors (Lipinski definition) is 0. The summed E-state index contributed by atoms with van der Waals surface area (Å²) in [7, 11) is 0. The van der Waals surface area contributed by atoms with E-state index in [0.29, 0.717) is 6.04 Å². The fraction of sp³-hybridized carbons (Fsp3) is 0.588. The number of morpholine rings is 1. The van der Waals surface area contributed by atoms with Gasteiger partial charge in [-0.1, -0.05) is 30.9 Å². The number of aliphatic imine (C=N–C) groups is 1. The summed E-state index contributed by atoms with van der Waals surface area (Å²) in [4.78, 5) is 7.47. The van der Waals surface area contributed by atoms with Gasteiger partial charge in [-0.2, -0.15) is 0 Å². The van der Waals surface area contributed by atoms with Crippen LogP contribution in [0.2, 0.25) is 5.02 Å². The molecule has 22 heavy (non-hydrogen) atoms. The van der Waals surface area contributed by atoms with Gasteiger partial charge < -0.3 is 9.64 Å². The maximum atomic E-state index is 6.02. The van der Waals surface area contributed by atoms with E-state index in [4.69, 9.17) is 21.3 Å². The third kappa shape index (κ3) is 4.61. The largest absolute Gasteiger partial charge is 0.378 e. The normalized spacial score (nSPS) is 20.6. The number of nitrogens with zero attached hydrogens (tertiary/aromatic N) is 2. The van der Waals surface area contributed by atoms with Gasteiger partial charge in [0.15, 0.2) is 0 Å². The molecule has 0 atom stereocenters. The van der Waals surface area contributed by atoms with E-state index in [1.165, 1.54) is 37.7 Å². The second-order valence-corrected chi connectivity index (χ2v) is 6.29. The molecule has 3 rings (SSSR count). The van der Waals surface area contributed by atoms with E-state index in [-0.39, 0.29) is 12.4 Å². The van der Waals surface area contributed by atoms with Crippen molar-refractivity contribution in [1.29, 1.82) is 0 Å². The number of ether oxygens (including phenoxy) is 1. The molecule has 1 aromatic carbocycles. The van der Waals surface area contributed by atoms with Gasteiger partial charge in [0.05, 0.1) is 19.3 Å². The minimum Gasteiger partial charge on any atom is -0.378 e. The van der Waals surface area contributed by atoms with Crippen molar-refractivity contribution in [2.45, 2.75) is 38.1 Å². The average Bonchev–Trinajstić information content (AvgIpc) is 2.55. The molecule has 0 aromatic heterocycles. The molecule has 0 radical (unpaired) electrons. The predicted octanol–water partition coefficient (Wildman–Crippen LogP) is 4.17. The lowest BCUT2D eigenvalue weighted by Gasteiger charge is -2.31. The Bertz CT molecular complexity index is 478. The molecule has 3 nitrogen and oxygen atoms in total. The number of benzene rings is 1. The zero-order chi connectivity index (χ0) is 14.5. The van der Waals surface area contributed by atoms with Crippen LogP contribution >= 0.6 is 24.0 Å². The Morgan fingerprint density at radius 2 is 1.68 bits per heavy atom. The number of amidine groups is 1. The second kappa shape index (κ2) is 8.76. The maximum Gasteiger partial charge on any atom is 0.131 e. The van der Waals surface area contributed by atoms with Crippen LogP contribution in [0, 0.1) is 0 Å². The molecule has 5 heteroatoms. The Labute approximate surface area is 144 Å². The van der Waals surface area contributed by atoms with E-state index >= 15 is 0 Å². The third-order valence-electron chi connectivity index (χ3n) is 4.29. The van der Waals surface area contributed by atoms with Crippen LogP contribution in [0.4, 0.5) is 0 Å². The van der Waals surface area contributed by atoms with Gasteiger partial charge in [-0.05, 0) is 37.1 Å². The van der Waals surface area contributed by atoms with Crippen LogP contribution in [-0.4, -0.2) is 43.1 Å². The lowest BCUT2D eigenvalue weighted by atomic mass is 9.96. The van der Waals surface area contributed by atoms with E-state index in [0.717, 1.165) is 37.2 Å². The monoisotopic (exact) mass is 342 g/mol. The molecule has 1 saturated carbocycles. The van der Waals surface area contributed by atoms with Gasteiger partial charge in [-0.3, -0.25) is 4.99 Å². The zero-order valence-corrected chi connectivity index (χ0v) is 14.4. The van der Waals surface area contributed by atoms with Crippen molar-refractivity contribution in [2.24, 2.45) is 4.99 Å². The van der Waals surface area contributed by atoms with Crippen molar-refractivity contribution in [2.75, 3.05) is 26.3 Å². The first-order valence-electron chi connectivity index (χ1n) is 7.99. The van der Waals surface area contributed by atoms with Crippen LogP contribution in [0.3, 0.4) is 0 Å². The highest BCUT2D eigenvalue weighted by Gasteiger charge is 2.20. The van der Waals surface area contributed by atoms with E-state index in [9.17, 15) is 0 Å². The highest BCUT2D eigenvalue weighted by molar-refractivity contribution is 6.30. The van der Waals surface area contributed by atoms with E-state index in [1.807, 2.05) is 12.1 Å². The SMILES string of the molecule is Cl.Clc1ccc(C(=NC2CCCCC2)N2CCOCC2)cc1. The first-order chi connectivity index (χ1) is 10.3. The molecule has 0 spiro atoms. The fourth-order valence-corrected chi connectivity index (χ4v) is 3.22. The van der Waals surface area contributed by atoms with Gasteiger partial charge in [-0.15, -0.1) is 12.4 Å². The third-order valence-corrected chi connectivity index (χ3v) is 4.54. The smallest absolute Gasteiger partial charge is 0.131 e. The summed E-state index contributed by atoms with van der Waals surface area (Å²) in [5.41, 5.74) is 1.17. The molecule has 1 aliphatic heterocycles. The molecule has 0 amide bonds. The van der Waals surface area contributed by atoms with Gasteiger partial charge in [0.25, 0.3) is 0 Å². The van der Waals surface area contributed by atoms with Crippen molar-refractivity contribution >= 4 is 29.8 Å². The summed E-state index contributed by atoms with van der Waals surface area (Å²) < 4.78 is 5.48. The predicted molar refractivity (Wildman–Crippen MR) is 94.5 cm³/mol. The molecule has 122 valence electrons. The Morgan fingerprint density at radius 1 is 1.05 bits per heavy atom. The minimum absolute atomic E-state index is 0. The summed E-state index contributed by atoms with van der Waals surface area (Å²) in [6.07, 6.45) is 6.43. The van der Waals surface area contributed by atoms with Gasteiger partial charge in [0, 0.05) is 23.7 Å². The molecule has 1 heterocycles. The molecule has 0 N–H and O–H groups in total. The molecule has 1 aliphatic carbocycles. The maximum absolute atomic E-state index is 6.02. The Kier molecular flexibility index (Phi) is 7.00. The van der Waals surface area contributed by atoms with E-state index < -0.39 is 0 Å². The number of hydrogen-bond acceptors (Lipinski definition) is 2. The molecule has 1 aromatic rings. The van der Waals surface area contributed by atoms with Crippen LogP contribution in [0.1, 0.15) is 37.7 Å². The van der Waals surface area contributed by atoms with Crippen molar-refractivity contribution in [3.8, 4) is 0 Å². The average molecular weight is 343 g/mol. The summed E-state index contributed by atoms with van der Waals surface area (Å²) in [6.45, 7) is 3.43. The van der Waals surface area contributed by atoms with E-state index in [2.05, 4.69) is 17.0 Å².